The summed E-state index contributed by atoms with van der Waals surface area (Å²) in [4.78, 5) is 0. The average molecular weight is 176 g/mol. The van der Waals surface area contributed by atoms with E-state index in [1.807, 2.05) is 0 Å². The molecular weight excluding hydrogens is 168 g/mol. The summed E-state index contributed by atoms with van der Waals surface area (Å²) in [6.07, 6.45) is 5.46. The molecule has 62 valence electrons. The first-order valence-corrected chi connectivity index (χ1v) is 4.39. The zero-order valence-electron chi connectivity index (χ0n) is 6.03. The highest BCUT2D eigenvalue weighted by Gasteiger charge is 2.35. The predicted octanol–water partition coefficient (Wildman–Crippen LogP) is 0.0600. The Hall–Kier alpha value is -0.570. The van der Waals surface area contributed by atoms with Gasteiger partial charge in [0.1, 0.15) is 5.60 Å². The van der Waals surface area contributed by atoms with Gasteiger partial charge in [-0.25, -0.2) is 8.37 Å². The number of hydrogen-bond donors (Lipinski definition) is 0. The van der Waals surface area contributed by atoms with E-state index in [9.17, 15) is 8.42 Å². The monoisotopic (exact) mass is 176 g/mol. The maximum absolute atomic E-state index is 10.7. The van der Waals surface area contributed by atoms with Gasteiger partial charge < -0.3 is 0 Å². The fourth-order valence-corrected chi connectivity index (χ4v) is 1.64. The molecule has 1 fully saturated rings. The molecule has 4 nitrogen and oxygen atoms in total. The SMILES string of the molecule is C#CC1(C)CCOS(=O)(=O)O1. The molecule has 0 aromatic carbocycles. The van der Waals surface area contributed by atoms with E-state index in [0.29, 0.717) is 6.42 Å². The molecule has 0 aliphatic carbocycles. The molecule has 0 aromatic rings. The lowest BCUT2D eigenvalue weighted by atomic mass is 10.1. The van der Waals surface area contributed by atoms with E-state index in [2.05, 4.69) is 14.3 Å². The molecule has 0 radical (unpaired) electrons. The third kappa shape index (κ3) is 1.93. The third-order valence-electron chi connectivity index (χ3n) is 1.40. The van der Waals surface area contributed by atoms with Crippen molar-refractivity contribution in [1.29, 1.82) is 0 Å². The van der Waals surface area contributed by atoms with Crippen LogP contribution in [0.15, 0.2) is 0 Å². The van der Waals surface area contributed by atoms with Crippen molar-refractivity contribution < 1.29 is 16.8 Å². The Kier molecular flexibility index (Phi) is 1.92. The molecule has 5 heteroatoms. The molecule has 1 atom stereocenters. The summed E-state index contributed by atoms with van der Waals surface area (Å²) in [6, 6.07) is 0. The van der Waals surface area contributed by atoms with Crippen LogP contribution in [0.1, 0.15) is 13.3 Å². The molecular formula is C6H8O4S. The summed E-state index contributed by atoms with van der Waals surface area (Å²) >= 11 is 0. The normalized spacial score (nSPS) is 36.0. The van der Waals surface area contributed by atoms with Crippen LogP contribution in [-0.4, -0.2) is 20.6 Å². The van der Waals surface area contributed by atoms with Gasteiger partial charge in [-0.15, -0.1) is 6.42 Å². The Morgan fingerprint density at radius 2 is 2.27 bits per heavy atom. The van der Waals surface area contributed by atoms with Crippen molar-refractivity contribution >= 4 is 10.4 Å². The van der Waals surface area contributed by atoms with E-state index in [4.69, 9.17) is 6.42 Å². The smallest absolute Gasteiger partial charge is 0.248 e. The fourth-order valence-electron chi connectivity index (χ4n) is 0.726. The van der Waals surface area contributed by atoms with Gasteiger partial charge in [0.15, 0.2) is 0 Å². The zero-order chi connectivity index (χ0) is 8.54. The van der Waals surface area contributed by atoms with Gasteiger partial charge in [-0.05, 0) is 6.92 Å². The van der Waals surface area contributed by atoms with Crippen LogP contribution in [0, 0.1) is 12.3 Å². The Balaban J connectivity index is 2.86. The van der Waals surface area contributed by atoms with Crippen LogP contribution in [0.25, 0.3) is 0 Å². The molecule has 1 saturated heterocycles. The van der Waals surface area contributed by atoms with E-state index in [1.165, 1.54) is 6.92 Å². The number of terminal acetylenes is 1. The molecule has 1 unspecified atom stereocenters. The lowest BCUT2D eigenvalue weighted by molar-refractivity contribution is 0.0569. The van der Waals surface area contributed by atoms with E-state index in [1.54, 1.807) is 0 Å². The first-order valence-electron chi connectivity index (χ1n) is 3.05. The molecule has 1 heterocycles. The van der Waals surface area contributed by atoms with Gasteiger partial charge in [-0.2, -0.15) is 8.42 Å². The van der Waals surface area contributed by atoms with Crippen molar-refractivity contribution in [3.05, 3.63) is 0 Å². The van der Waals surface area contributed by atoms with E-state index >= 15 is 0 Å². The predicted molar refractivity (Wildman–Crippen MR) is 37.8 cm³/mol. The van der Waals surface area contributed by atoms with E-state index < -0.39 is 16.0 Å². The Labute approximate surface area is 65.8 Å². The van der Waals surface area contributed by atoms with Gasteiger partial charge in [-0.3, -0.25) is 0 Å². The standard InChI is InChI=1S/C6H8O4S/c1-3-6(2)4-5-9-11(7,8)10-6/h1H,4-5H2,2H3. The second-order valence-corrected chi connectivity index (χ2v) is 3.66. The van der Waals surface area contributed by atoms with Crippen molar-refractivity contribution in [1.82, 2.24) is 0 Å². The first-order chi connectivity index (χ1) is 4.97. The van der Waals surface area contributed by atoms with Gasteiger partial charge >= 0.3 is 10.4 Å². The minimum Gasteiger partial charge on any atom is -0.248 e. The average Bonchev–Trinajstić information content (AvgIpc) is 1.85. The largest absolute Gasteiger partial charge is 0.401 e. The molecule has 0 N–H and O–H groups in total. The highest BCUT2D eigenvalue weighted by molar-refractivity contribution is 7.81. The van der Waals surface area contributed by atoms with E-state index in [0.717, 1.165) is 0 Å². The second kappa shape index (κ2) is 2.48. The molecule has 0 spiro atoms. The maximum Gasteiger partial charge on any atom is 0.401 e. The van der Waals surface area contributed by atoms with Crippen molar-refractivity contribution in [3.8, 4) is 12.3 Å². The van der Waals surface area contributed by atoms with Gasteiger partial charge in [0.25, 0.3) is 0 Å². The first kappa shape index (κ1) is 8.53. The van der Waals surface area contributed by atoms with Crippen LogP contribution in [0.2, 0.25) is 0 Å². The van der Waals surface area contributed by atoms with Crippen LogP contribution in [-0.2, 0) is 18.8 Å². The molecule has 1 aliphatic heterocycles. The minimum absolute atomic E-state index is 0.0863. The summed E-state index contributed by atoms with van der Waals surface area (Å²) in [6.45, 7) is 1.62. The van der Waals surface area contributed by atoms with Gasteiger partial charge in [0.05, 0.1) is 6.61 Å². The van der Waals surface area contributed by atoms with Crippen molar-refractivity contribution in [2.75, 3.05) is 6.61 Å². The van der Waals surface area contributed by atoms with Crippen molar-refractivity contribution in [2.45, 2.75) is 18.9 Å². The fraction of sp³-hybridized carbons (Fsp3) is 0.667. The molecule has 1 rings (SSSR count). The van der Waals surface area contributed by atoms with Gasteiger partial charge in [0, 0.05) is 6.42 Å². The molecule has 0 aromatic heterocycles. The lowest BCUT2D eigenvalue weighted by Gasteiger charge is -2.26. The molecule has 0 amide bonds. The third-order valence-corrected chi connectivity index (χ3v) is 2.43. The highest BCUT2D eigenvalue weighted by Crippen LogP contribution is 2.23. The Morgan fingerprint density at radius 3 is 2.64 bits per heavy atom. The summed E-state index contributed by atoms with van der Waals surface area (Å²) < 4.78 is 30.2. The molecule has 0 bridgehead atoms. The summed E-state index contributed by atoms with van der Waals surface area (Å²) in [5.41, 5.74) is -1.03. The minimum atomic E-state index is -3.84. The Morgan fingerprint density at radius 1 is 1.64 bits per heavy atom. The quantitative estimate of drug-likeness (QED) is 0.490. The van der Waals surface area contributed by atoms with Crippen LogP contribution >= 0.6 is 0 Å². The molecule has 0 saturated carbocycles. The van der Waals surface area contributed by atoms with Crippen molar-refractivity contribution in [2.24, 2.45) is 0 Å². The van der Waals surface area contributed by atoms with Gasteiger partial charge in [-0.1, -0.05) is 5.92 Å². The Bertz CT molecular complexity index is 286. The van der Waals surface area contributed by atoms with E-state index in [-0.39, 0.29) is 6.61 Å². The van der Waals surface area contributed by atoms with Crippen LogP contribution in [0.4, 0.5) is 0 Å². The maximum atomic E-state index is 10.7. The lowest BCUT2D eigenvalue weighted by Crippen LogP contribution is -2.37. The highest BCUT2D eigenvalue weighted by atomic mass is 32.3. The number of rotatable bonds is 0. The van der Waals surface area contributed by atoms with Gasteiger partial charge in [0.2, 0.25) is 0 Å². The second-order valence-electron chi connectivity index (χ2n) is 2.44. The van der Waals surface area contributed by atoms with Crippen LogP contribution < -0.4 is 0 Å². The summed E-state index contributed by atoms with van der Waals surface area (Å²) in [7, 11) is -3.84. The number of hydrogen-bond acceptors (Lipinski definition) is 4. The summed E-state index contributed by atoms with van der Waals surface area (Å²) in [5, 5.41) is 0. The van der Waals surface area contributed by atoms with Crippen LogP contribution in [0.5, 0.6) is 0 Å². The van der Waals surface area contributed by atoms with Crippen molar-refractivity contribution in [3.63, 3.8) is 0 Å². The zero-order valence-corrected chi connectivity index (χ0v) is 6.85. The summed E-state index contributed by atoms with van der Waals surface area (Å²) in [5.74, 6) is 2.25. The van der Waals surface area contributed by atoms with Crippen LogP contribution in [0.3, 0.4) is 0 Å². The topological polar surface area (TPSA) is 52.6 Å². The molecule has 1 aliphatic rings. The molecule has 11 heavy (non-hydrogen) atoms.